The van der Waals surface area contributed by atoms with E-state index >= 15 is 0 Å². The summed E-state index contributed by atoms with van der Waals surface area (Å²) in [6, 6.07) is 6.18. The number of pyridine rings is 1. The van der Waals surface area contributed by atoms with Gasteiger partial charge in [-0.15, -0.1) is 10.2 Å². The summed E-state index contributed by atoms with van der Waals surface area (Å²) in [7, 11) is 0. The molecular weight excluding hydrogens is 357 g/mol. The highest BCUT2D eigenvalue weighted by atomic mass is 32.2. The Kier molecular flexibility index (Phi) is 3.25. The molecule has 0 saturated heterocycles. The monoisotopic (exact) mass is 367 g/mol. The number of benzene rings is 2. The van der Waals surface area contributed by atoms with Gasteiger partial charge < -0.3 is 9.97 Å². The van der Waals surface area contributed by atoms with Gasteiger partial charge in [0.05, 0.1) is 22.2 Å². The van der Waals surface area contributed by atoms with Crippen LogP contribution in [0.1, 0.15) is 5.82 Å². The van der Waals surface area contributed by atoms with Crippen LogP contribution in [0, 0.1) is 5.82 Å². The highest BCUT2D eigenvalue weighted by Crippen LogP contribution is 2.34. The van der Waals surface area contributed by atoms with Gasteiger partial charge in [-0.25, -0.2) is 9.37 Å². The summed E-state index contributed by atoms with van der Waals surface area (Å²) in [6.07, 6.45) is 1.57. The van der Waals surface area contributed by atoms with Crippen LogP contribution in [-0.4, -0.2) is 35.6 Å². The van der Waals surface area contributed by atoms with Gasteiger partial charge in [0, 0.05) is 22.4 Å². The van der Waals surface area contributed by atoms with E-state index in [4.69, 9.17) is 0 Å². The normalized spacial score (nSPS) is 11.7. The van der Waals surface area contributed by atoms with Crippen LogP contribution in [0.4, 0.5) is 4.39 Å². The van der Waals surface area contributed by atoms with Crippen LogP contribution in [0.25, 0.3) is 32.6 Å². The number of halogens is 1. The molecule has 0 unspecified atom stereocenters. The number of nitrogens with zero attached hydrogens (tertiary/aromatic N) is 4. The molecule has 0 radical (unpaired) electrons. The van der Waals surface area contributed by atoms with Crippen molar-refractivity contribution in [3.63, 3.8) is 0 Å². The van der Waals surface area contributed by atoms with E-state index in [0.29, 0.717) is 38.4 Å². The lowest BCUT2D eigenvalue weighted by atomic mass is 10.0. The molecule has 0 aliphatic heterocycles. The molecule has 5 rings (SSSR count). The maximum Gasteiger partial charge on any atom is 0.256 e. The largest absolute Gasteiger partial charge is 0.332 e. The number of thioether (sulfide) groups is 1. The summed E-state index contributed by atoms with van der Waals surface area (Å²) >= 11 is 1.42. The SMILES string of the molecule is O=c1[nH]ccc2c3nc(SCc4nn[nH]n4)[nH]c3c3ccc(F)cc3c12. The molecule has 2 aromatic carbocycles. The van der Waals surface area contributed by atoms with E-state index in [0.717, 1.165) is 10.9 Å². The van der Waals surface area contributed by atoms with Gasteiger partial charge in [-0.3, -0.25) is 4.79 Å². The van der Waals surface area contributed by atoms with Gasteiger partial charge in [-0.2, -0.15) is 5.21 Å². The molecule has 3 heterocycles. The maximum atomic E-state index is 13.8. The second-order valence-corrected chi connectivity index (χ2v) is 6.63. The molecule has 26 heavy (non-hydrogen) atoms. The lowest BCUT2D eigenvalue weighted by molar-refractivity contribution is 0.630. The quantitative estimate of drug-likeness (QED) is 0.333. The third-order valence-electron chi connectivity index (χ3n) is 4.15. The maximum absolute atomic E-state index is 13.8. The van der Waals surface area contributed by atoms with E-state index in [1.807, 2.05) is 0 Å². The number of aromatic nitrogens is 7. The standard InChI is InChI=1S/C16H10FN7OS/c17-7-1-2-8-10(5-7)12-9(3-4-18-15(12)25)14-13(8)19-16(20-14)26-6-11-21-23-24-22-11/h1-5H,6H2,(H,18,25)(H,19,20)(H,21,22,23,24). The van der Waals surface area contributed by atoms with E-state index < -0.39 is 5.82 Å². The Morgan fingerprint density at radius 1 is 1.15 bits per heavy atom. The average Bonchev–Trinajstić information content (AvgIpc) is 3.29. The van der Waals surface area contributed by atoms with Crippen molar-refractivity contribution in [2.24, 2.45) is 0 Å². The summed E-state index contributed by atoms with van der Waals surface area (Å²) in [5.41, 5.74) is 1.15. The number of imidazole rings is 1. The van der Waals surface area contributed by atoms with Crippen LogP contribution in [0.2, 0.25) is 0 Å². The smallest absolute Gasteiger partial charge is 0.256 e. The molecule has 128 valence electrons. The van der Waals surface area contributed by atoms with E-state index in [1.165, 1.54) is 23.9 Å². The Labute approximate surface area is 148 Å². The number of fused-ring (bicyclic) bond motifs is 6. The Morgan fingerprint density at radius 3 is 2.92 bits per heavy atom. The first-order chi connectivity index (χ1) is 12.7. The Morgan fingerprint density at radius 2 is 2.08 bits per heavy atom. The first kappa shape index (κ1) is 15.0. The van der Waals surface area contributed by atoms with E-state index in [-0.39, 0.29) is 5.56 Å². The zero-order valence-electron chi connectivity index (χ0n) is 13.1. The topological polar surface area (TPSA) is 116 Å². The zero-order chi connectivity index (χ0) is 17.7. The van der Waals surface area contributed by atoms with Gasteiger partial charge in [-0.1, -0.05) is 17.0 Å². The Bertz CT molecular complexity index is 1330. The summed E-state index contributed by atoms with van der Waals surface area (Å²) < 4.78 is 13.8. The van der Waals surface area contributed by atoms with Crippen molar-refractivity contribution >= 4 is 44.3 Å². The lowest BCUT2D eigenvalue weighted by Gasteiger charge is -2.05. The zero-order valence-corrected chi connectivity index (χ0v) is 13.9. The molecular formula is C16H10FN7OS. The average molecular weight is 367 g/mol. The Balaban J connectivity index is 1.78. The number of rotatable bonds is 3. The summed E-state index contributed by atoms with van der Waals surface area (Å²) in [6.45, 7) is 0. The molecule has 10 heteroatoms. The highest BCUT2D eigenvalue weighted by molar-refractivity contribution is 7.98. The van der Waals surface area contributed by atoms with Crippen LogP contribution in [-0.2, 0) is 5.75 Å². The second-order valence-electron chi connectivity index (χ2n) is 5.67. The molecule has 0 fully saturated rings. The highest BCUT2D eigenvalue weighted by Gasteiger charge is 2.16. The molecule has 5 aromatic rings. The van der Waals surface area contributed by atoms with Crippen molar-refractivity contribution in [1.29, 1.82) is 0 Å². The molecule has 0 saturated carbocycles. The third kappa shape index (κ3) is 2.26. The van der Waals surface area contributed by atoms with E-state index in [1.54, 1.807) is 18.3 Å². The molecule has 0 spiro atoms. The van der Waals surface area contributed by atoms with Gasteiger partial charge in [0.1, 0.15) is 5.82 Å². The van der Waals surface area contributed by atoms with Crippen molar-refractivity contribution in [3.8, 4) is 0 Å². The molecule has 3 aromatic heterocycles. The minimum Gasteiger partial charge on any atom is -0.332 e. The predicted molar refractivity (Wildman–Crippen MR) is 95.4 cm³/mol. The van der Waals surface area contributed by atoms with Crippen LogP contribution in [0.15, 0.2) is 40.4 Å². The lowest BCUT2D eigenvalue weighted by Crippen LogP contribution is -2.05. The number of nitrogens with one attached hydrogen (secondary N) is 3. The van der Waals surface area contributed by atoms with Gasteiger partial charge in [0.2, 0.25) is 0 Å². The number of aromatic amines is 3. The molecule has 0 aliphatic rings. The minimum absolute atomic E-state index is 0.274. The van der Waals surface area contributed by atoms with Crippen molar-refractivity contribution in [2.75, 3.05) is 0 Å². The van der Waals surface area contributed by atoms with Crippen molar-refractivity contribution in [3.05, 3.63) is 52.5 Å². The molecule has 3 N–H and O–H groups in total. The third-order valence-corrected chi connectivity index (χ3v) is 5.01. The second kappa shape index (κ2) is 5.63. The van der Waals surface area contributed by atoms with Crippen molar-refractivity contribution < 1.29 is 4.39 Å². The minimum atomic E-state index is -0.396. The van der Waals surface area contributed by atoms with Crippen LogP contribution >= 0.6 is 11.8 Å². The fraction of sp³-hybridized carbons (Fsp3) is 0.0625. The van der Waals surface area contributed by atoms with Gasteiger partial charge >= 0.3 is 0 Å². The number of H-pyrrole nitrogens is 3. The molecule has 0 amide bonds. The molecule has 0 aliphatic carbocycles. The first-order valence-corrected chi connectivity index (χ1v) is 8.67. The first-order valence-electron chi connectivity index (χ1n) is 7.68. The number of tetrazole rings is 1. The van der Waals surface area contributed by atoms with Gasteiger partial charge in [0.25, 0.3) is 5.56 Å². The van der Waals surface area contributed by atoms with E-state index in [2.05, 4.69) is 35.6 Å². The summed E-state index contributed by atoms with van der Waals surface area (Å²) in [4.78, 5) is 22.9. The van der Waals surface area contributed by atoms with Crippen LogP contribution in [0.5, 0.6) is 0 Å². The number of hydrogen-bond acceptors (Lipinski definition) is 6. The van der Waals surface area contributed by atoms with Gasteiger partial charge in [0.15, 0.2) is 11.0 Å². The van der Waals surface area contributed by atoms with Crippen molar-refractivity contribution in [1.82, 2.24) is 35.6 Å². The van der Waals surface area contributed by atoms with E-state index in [9.17, 15) is 9.18 Å². The van der Waals surface area contributed by atoms with Crippen LogP contribution in [0.3, 0.4) is 0 Å². The van der Waals surface area contributed by atoms with Gasteiger partial charge in [-0.05, 0) is 24.3 Å². The summed E-state index contributed by atoms with van der Waals surface area (Å²) in [5, 5.41) is 16.8. The fourth-order valence-corrected chi connectivity index (χ4v) is 3.79. The number of hydrogen-bond donors (Lipinski definition) is 3. The van der Waals surface area contributed by atoms with Crippen molar-refractivity contribution in [2.45, 2.75) is 10.9 Å². The van der Waals surface area contributed by atoms with Crippen LogP contribution < -0.4 is 5.56 Å². The predicted octanol–water partition coefficient (Wildman–Crippen LogP) is 2.50. The fourth-order valence-electron chi connectivity index (χ4n) is 3.07. The molecule has 0 bridgehead atoms. The Hall–Kier alpha value is -3.27. The molecule has 8 nitrogen and oxygen atoms in total. The molecule has 0 atom stereocenters. The summed E-state index contributed by atoms with van der Waals surface area (Å²) in [5.74, 6) is 0.651.